The van der Waals surface area contributed by atoms with Crippen molar-refractivity contribution < 1.29 is 0 Å². The molecule has 0 radical (unpaired) electrons. The van der Waals surface area contributed by atoms with Crippen LogP contribution in [0.25, 0.3) is 11.0 Å². The maximum absolute atomic E-state index is 4.54. The van der Waals surface area contributed by atoms with E-state index < -0.39 is 0 Å². The van der Waals surface area contributed by atoms with Crippen LogP contribution in [0.1, 0.15) is 5.01 Å². The van der Waals surface area contributed by atoms with Crippen molar-refractivity contribution in [3.63, 3.8) is 0 Å². The molecule has 3 rings (SSSR count). The number of para-hydroxylation sites is 2. The first-order valence-corrected chi connectivity index (χ1v) is 6.25. The van der Waals surface area contributed by atoms with E-state index in [2.05, 4.69) is 19.9 Å². The van der Waals surface area contributed by atoms with E-state index in [1.54, 1.807) is 11.3 Å². The van der Waals surface area contributed by atoms with Gasteiger partial charge >= 0.3 is 0 Å². The van der Waals surface area contributed by atoms with Crippen molar-refractivity contribution in [3.8, 4) is 0 Å². The van der Waals surface area contributed by atoms with Crippen molar-refractivity contribution in [2.24, 2.45) is 0 Å². The summed E-state index contributed by atoms with van der Waals surface area (Å²) in [5.41, 5.74) is 2.06. The molecule has 0 atom stereocenters. The van der Waals surface area contributed by atoms with E-state index in [4.69, 9.17) is 0 Å². The average molecular weight is 244 g/mol. The Bertz CT molecular complexity index is 581. The van der Waals surface area contributed by atoms with Crippen LogP contribution in [0.5, 0.6) is 0 Å². The van der Waals surface area contributed by atoms with Gasteiger partial charge in [0.15, 0.2) is 0 Å². The molecule has 2 aromatic heterocycles. The quantitative estimate of drug-likeness (QED) is 0.770. The number of aromatic nitrogens is 3. The Labute approximate surface area is 103 Å². The zero-order chi connectivity index (χ0) is 11.7. The number of benzene rings is 1. The standard InChI is InChI=1S/C12H12N4S/c1-16(8-11-13-6-7-17-11)12-14-9-4-2-3-5-10(9)15-12/h2-7H,8H2,1H3,(H,14,15). The number of fused-ring (bicyclic) bond motifs is 1. The van der Waals surface area contributed by atoms with Gasteiger partial charge in [-0.05, 0) is 12.1 Å². The number of hydrogen-bond donors (Lipinski definition) is 1. The van der Waals surface area contributed by atoms with Gasteiger partial charge < -0.3 is 9.88 Å². The van der Waals surface area contributed by atoms with Gasteiger partial charge in [0.1, 0.15) is 5.01 Å². The smallest absolute Gasteiger partial charge is 0.203 e. The first-order chi connectivity index (χ1) is 8.33. The third-order valence-corrected chi connectivity index (χ3v) is 3.36. The van der Waals surface area contributed by atoms with E-state index in [-0.39, 0.29) is 0 Å². The van der Waals surface area contributed by atoms with Gasteiger partial charge in [0, 0.05) is 18.6 Å². The van der Waals surface area contributed by atoms with Gasteiger partial charge in [-0.15, -0.1) is 11.3 Å². The van der Waals surface area contributed by atoms with Gasteiger partial charge in [0.25, 0.3) is 0 Å². The van der Waals surface area contributed by atoms with Crippen LogP contribution < -0.4 is 4.90 Å². The Morgan fingerprint density at radius 2 is 2.24 bits per heavy atom. The molecule has 5 heteroatoms. The topological polar surface area (TPSA) is 44.8 Å². The highest BCUT2D eigenvalue weighted by molar-refractivity contribution is 7.09. The van der Waals surface area contributed by atoms with Gasteiger partial charge in [0.2, 0.25) is 5.95 Å². The second-order valence-electron chi connectivity index (χ2n) is 3.86. The number of nitrogens with one attached hydrogen (secondary N) is 1. The van der Waals surface area contributed by atoms with Crippen LogP contribution in [0.4, 0.5) is 5.95 Å². The molecule has 86 valence electrons. The normalized spacial score (nSPS) is 10.9. The average Bonchev–Trinajstić information content (AvgIpc) is 2.96. The summed E-state index contributed by atoms with van der Waals surface area (Å²) in [4.78, 5) is 14.2. The first-order valence-electron chi connectivity index (χ1n) is 5.37. The highest BCUT2D eigenvalue weighted by atomic mass is 32.1. The Morgan fingerprint density at radius 1 is 1.35 bits per heavy atom. The lowest BCUT2D eigenvalue weighted by Gasteiger charge is -2.13. The van der Waals surface area contributed by atoms with Crippen molar-refractivity contribution in [2.75, 3.05) is 11.9 Å². The van der Waals surface area contributed by atoms with Crippen LogP contribution in [0.3, 0.4) is 0 Å². The number of H-pyrrole nitrogens is 1. The molecule has 0 saturated heterocycles. The van der Waals surface area contributed by atoms with Crippen LogP contribution in [0.15, 0.2) is 35.8 Å². The molecule has 1 N–H and O–H groups in total. The molecule has 0 amide bonds. The van der Waals surface area contributed by atoms with Crippen molar-refractivity contribution in [1.82, 2.24) is 15.0 Å². The van der Waals surface area contributed by atoms with E-state index in [9.17, 15) is 0 Å². The van der Waals surface area contributed by atoms with Crippen LogP contribution in [0.2, 0.25) is 0 Å². The van der Waals surface area contributed by atoms with Crippen LogP contribution in [-0.2, 0) is 6.54 Å². The number of anilines is 1. The lowest BCUT2D eigenvalue weighted by Crippen LogP contribution is -2.17. The van der Waals surface area contributed by atoms with Gasteiger partial charge in [0.05, 0.1) is 17.6 Å². The number of imidazole rings is 1. The fourth-order valence-corrected chi connectivity index (χ4v) is 2.40. The number of rotatable bonds is 3. The summed E-state index contributed by atoms with van der Waals surface area (Å²) >= 11 is 1.66. The third kappa shape index (κ3) is 2.01. The minimum absolute atomic E-state index is 0.775. The van der Waals surface area contributed by atoms with Gasteiger partial charge in [-0.3, -0.25) is 0 Å². The van der Waals surface area contributed by atoms with Gasteiger partial charge in [-0.25, -0.2) is 9.97 Å². The number of aromatic amines is 1. The molecule has 1 aromatic carbocycles. The molecule has 0 spiro atoms. The molecule has 2 heterocycles. The summed E-state index contributed by atoms with van der Waals surface area (Å²) in [6.45, 7) is 0.775. The fraction of sp³-hybridized carbons (Fsp3) is 0.167. The van der Waals surface area contributed by atoms with Gasteiger partial charge in [-0.2, -0.15) is 0 Å². The minimum Gasteiger partial charge on any atom is -0.339 e. The largest absolute Gasteiger partial charge is 0.339 e. The molecule has 0 unspecified atom stereocenters. The zero-order valence-electron chi connectivity index (χ0n) is 9.42. The van der Waals surface area contributed by atoms with E-state index in [0.717, 1.165) is 28.5 Å². The summed E-state index contributed by atoms with van der Waals surface area (Å²) in [6.07, 6.45) is 1.83. The maximum Gasteiger partial charge on any atom is 0.203 e. The fourth-order valence-electron chi connectivity index (χ4n) is 1.73. The second-order valence-corrected chi connectivity index (χ2v) is 4.84. The van der Waals surface area contributed by atoms with E-state index in [0.29, 0.717) is 0 Å². The van der Waals surface area contributed by atoms with Crippen molar-refractivity contribution in [2.45, 2.75) is 6.54 Å². The summed E-state index contributed by atoms with van der Waals surface area (Å²) in [5.74, 6) is 0.876. The molecule has 0 aliphatic rings. The molecule has 0 aliphatic heterocycles. The van der Waals surface area contributed by atoms with Crippen molar-refractivity contribution in [1.29, 1.82) is 0 Å². The van der Waals surface area contributed by atoms with Crippen molar-refractivity contribution >= 4 is 28.3 Å². The zero-order valence-corrected chi connectivity index (χ0v) is 10.2. The highest BCUT2D eigenvalue weighted by Gasteiger charge is 2.08. The first kappa shape index (κ1) is 10.3. The predicted octanol–water partition coefficient (Wildman–Crippen LogP) is 2.66. The number of nitrogens with zero attached hydrogens (tertiary/aromatic N) is 3. The second kappa shape index (κ2) is 4.18. The predicted molar refractivity (Wildman–Crippen MR) is 70.3 cm³/mol. The van der Waals surface area contributed by atoms with Crippen LogP contribution in [-0.4, -0.2) is 22.0 Å². The lowest BCUT2D eigenvalue weighted by molar-refractivity contribution is 0.875. The molecule has 3 aromatic rings. The van der Waals surface area contributed by atoms with E-state index in [1.807, 2.05) is 42.9 Å². The summed E-state index contributed by atoms with van der Waals surface area (Å²) in [5, 5.41) is 3.08. The number of thiazole rings is 1. The van der Waals surface area contributed by atoms with E-state index in [1.165, 1.54) is 0 Å². The SMILES string of the molecule is CN(Cc1nccs1)c1nc2ccccc2[nH]1. The molecule has 0 saturated carbocycles. The molecule has 0 bridgehead atoms. The minimum atomic E-state index is 0.775. The van der Waals surface area contributed by atoms with Gasteiger partial charge in [-0.1, -0.05) is 12.1 Å². The summed E-state index contributed by atoms with van der Waals surface area (Å²) in [7, 11) is 2.01. The lowest BCUT2D eigenvalue weighted by atomic mass is 10.3. The molecular formula is C12H12N4S. The van der Waals surface area contributed by atoms with E-state index >= 15 is 0 Å². The molecular weight excluding hydrogens is 232 g/mol. The Hall–Kier alpha value is -1.88. The Kier molecular flexibility index (Phi) is 2.53. The highest BCUT2D eigenvalue weighted by Crippen LogP contribution is 2.18. The van der Waals surface area contributed by atoms with Crippen molar-refractivity contribution in [3.05, 3.63) is 40.8 Å². The monoisotopic (exact) mass is 244 g/mol. The summed E-state index contributed by atoms with van der Waals surface area (Å²) in [6, 6.07) is 8.04. The summed E-state index contributed by atoms with van der Waals surface area (Å²) < 4.78 is 0. The Balaban J connectivity index is 1.88. The van der Waals surface area contributed by atoms with Crippen LogP contribution in [0, 0.1) is 0 Å². The molecule has 0 fully saturated rings. The number of hydrogen-bond acceptors (Lipinski definition) is 4. The molecule has 17 heavy (non-hydrogen) atoms. The third-order valence-electron chi connectivity index (χ3n) is 2.59. The molecule has 4 nitrogen and oxygen atoms in total. The molecule has 0 aliphatic carbocycles. The maximum atomic E-state index is 4.54. The Morgan fingerprint density at radius 3 is 3.00 bits per heavy atom. The van der Waals surface area contributed by atoms with Crippen LogP contribution >= 0.6 is 11.3 Å².